The van der Waals surface area contributed by atoms with Crippen LogP contribution in [-0.4, -0.2) is 16.1 Å². The van der Waals surface area contributed by atoms with Gasteiger partial charge in [0.05, 0.1) is 16.6 Å². The Hall–Kier alpha value is -1.68. The van der Waals surface area contributed by atoms with Gasteiger partial charge < -0.3 is 5.11 Å². The van der Waals surface area contributed by atoms with E-state index >= 15 is 0 Å². The molecule has 0 aliphatic carbocycles. The van der Waals surface area contributed by atoms with Crippen molar-refractivity contribution < 1.29 is 9.90 Å². The van der Waals surface area contributed by atoms with Crippen molar-refractivity contribution in [1.29, 1.82) is 0 Å². The second-order valence-electron chi connectivity index (χ2n) is 3.02. The summed E-state index contributed by atoms with van der Waals surface area (Å²) >= 11 is 1.56. The third kappa shape index (κ3) is 2.41. The first-order valence-corrected chi connectivity index (χ1v) is 5.31. The van der Waals surface area contributed by atoms with Crippen LogP contribution in [-0.2, 0) is 4.79 Å². The fourth-order valence-electron chi connectivity index (χ4n) is 1.22. The number of fused-ring (bicyclic) bond motifs is 1. The monoisotopic (exact) mass is 219 g/mol. The van der Waals surface area contributed by atoms with Crippen LogP contribution in [0.2, 0.25) is 0 Å². The largest absolute Gasteiger partial charge is 0.481 e. The minimum atomic E-state index is -0.827. The number of carboxylic acids is 1. The first-order valence-electron chi connectivity index (χ1n) is 4.49. The Kier molecular flexibility index (Phi) is 2.78. The minimum absolute atomic E-state index is 0.0376. The molecule has 1 aromatic carbocycles. The molecule has 15 heavy (non-hydrogen) atoms. The van der Waals surface area contributed by atoms with E-state index < -0.39 is 5.97 Å². The highest BCUT2D eigenvalue weighted by molar-refractivity contribution is 7.19. The van der Waals surface area contributed by atoms with Crippen LogP contribution in [0.15, 0.2) is 30.3 Å². The van der Waals surface area contributed by atoms with Crippen LogP contribution in [0.1, 0.15) is 11.4 Å². The molecule has 2 rings (SSSR count). The van der Waals surface area contributed by atoms with Crippen LogP contribution in [0.25, 0.3) is 16.3 Å². The second kappa shape index (κ2) is 4.23. The van der Waals surface area contributed by atoms with Crippen molar-refractivity contribution in [2.45, 2.75) is 6.42 Å². The maximum atomic E-state index is 10.3. The Morgan fingerprint density at radius 1 is 1.47 bits per heavy atom. The van der Waals surface area contributed by atoms with E-state index in [1.807, 2.05) is 24.3 Å². The highest BCUT2D eigenvalue weighted by atomic mass is 32.1. The number of thiazole rings is 1. The Morgan fingerprint density at radius 2 is 2.27 bits per heavy atom. The topological polar surface area (TPSA) is 50.2 Å². The van der Waals surface area contributed by atoms with Gasteiger partial charge in [-0.15, -0.1) is 11.3 Å². The van der Waals surface area contributed by atoms with Crippen molar-refractivity contribution in [3.8, 4) is 0 Å². The number of aromatic nitrogens is 1. The average Bonchev–Trinajstić information content (AvgIpc) is 2.59. The summed E-state index contributed by atoms with van der Waals surface area (Å²) in [6.07, 6.45) is 3.40. The van der Waals surface area contributed by atoms with Crippen LogP contribution >= 0.6 is 11.3 Å². The standard InChI is InChI=1S/C11H9NO2S/c13-11(14)7-3-6-10-12-8-4-1-2-5-9(8)15-10/h1-6H,7H2,(H,13,14). The van der Waals surface area contributed by atoms with Gasteiger partial charge in [-0.3, -0.25) is 4.79 Å². The molecule has 1 N–H and O–H groups in total. The van der Waals surface area contributed by atoms with Gasteiger partial charge in [-0.1, -0.05) is 18.2 Å². The van der Waals surface area contributed by atoms with Crippen molar-refractivity contribution in [2.24, 2.45) is 0 Å². The lowest BCUT2D eigenvalue weighted by Crippen LogP contribution is -1.89. The molecule has 2 aromatic rings. The molecule has 0 fully saturated rings. The number of aliphatic carboxylic acids is 1. The zero-order valence-corrected chi connectivity index (χ0v) is 8.70. The molecule has 0 spiro atoms. The first-order chi connectivity index (χ1) is 7.25. The summed E-state index contributed by atoms with van der Waals surface area (Å²) in [5.74, 6) is -0.827. The number of hydrogen-bond acceptors (Lipinski definition) is 3. The van der Waals surface area contributed by atoms with E-state index in [9.17, 15) is 4.79 Å². The fraction of sp³-hybridized carbons (Fsp3) is 0.0909. The number of carbonyl (C=O) groups is 1. The number of benzene rings is 1. The van der Waals surface area contributed by atoms with E-state index in [1.54, 1.807) is 23.5 Å². The molecule has 0 saturated heterocycles. The summed E-state index contributed by atoms with van der Waals surface area (Å²) < 4.78 is 1.12. The van der Waals surface area contributed by atoms with E-state index in [-0.39, 0.29) is 6.42 Å². The normalized spacial score (nSPS) is 11.2. The van der Waals surface area contributed by atoms with E-state index in [4.69, 9.17) is 5.11 Å². The van der Waals surface area contributed by atoms with Crippen molar-refractivity contribution in [3.05, 3.63) is 35.3 Å². The quantitative estimate of drug-likeness (QED) is 0.863. The molecule has 3 nitrogen and oxygen atoms in total. The summed E-state index contributed by atoms with van der Waals surface area (Å²) in [7, 11) is 0. The van der Waals surface area contributed by atoms with Gasteiger partial charge in [-0.05, 0) is 18.2 Å². The maximum Gasteiger partial charge on any atom is 0.307 e. The number of rotatable bonds is 3. The third-order valence-corrected chi connectivity index (χ3v) is 2.86. The third-order valence-electron chi connectivity index (χ3n) is 1.86. The van der Waals surface area contributed by atoms with E-state index in [0.29, 0.717) is 0 Å². The lowest BCUT2D eigenvalue weighted by molar-refractivity contribution is -0.135. The molecular formula is C11H9NO2S. The molecule has 0 aliphatic heterocycles. The van der Waals surface area contributed by atoms with E-state index in [0.717, 1.165) is 15.2 Å². The lowest BCUT2D eigenvalue weighted by Gasteiger charge is -1.82. The lowest BCUT2D eigenvalue weighted by atomic mass is 10.3. The zero-order valence-electron chi connectivity index (χ0n) is 7.88. The molecule has 76 valence electrons. The van der Waals surface area contributed by atoms with Crippen molar-refractivity contribution in [1.82, 2.24) is 4.98 Å². The Morgan fingerprint density at radius 3 is 3.00 bits per heavy atom. The number of para-hydroxylation sites is 1. The van der Waals surface area contributed by atoms with Gasteiger partial charge in [0, 0.05) is 0 Å². The van der Waals surface area contributed by atoms with Gasteiger partial charge in [0.2, 0.25) is 0 Å². The molecule has 0 unspecified atom stereocenters. The number of hydrogen-bond donors (Lipinski definition) is 1. The van der Waals surface area contributed by atoms with Crippen LogP contribution in [0.3, 0.4) is 0 Å². The predicted molar refractivity (Wildman–Crippen MR) is 60.9 cm³/mol. The van der Waals surface area contributed by atoms with Crippen LogP contribution < -0.4 is 0 Å². The predicted octanol–water partition coefficient (Wildman–Crippen LogP) is 2.78. The summed E-state index contributed by atoms with van der Waals surface area (Å²) in [5.41, 5.74) is 0.956. The highest BCUT2D eigenvalue weighted by Crippen LogP contribution is 2.22. The van der Waals surface area contributed by atoms with E-state index in [1.165, 1.54) is 0 Å². The zero-order chi connectivity index (χ0) is 10.7. The van der Waals surface area contributed by atoms with Crippen LogP contribution in [0.4, 0.5) is 0 Å². The maximum absolute atomic E-state index is 10.3. The van der Waals surface area contributed by atoms with Gasteiger partial charge >= 0.3 is 5.97 Å². The minimum Gasteiger partial charge on any atom is -0.481 e. The highest BCUT2D eigenvalue weighted by Gasteiger charge is 1.99. The summed E-state index contributed by atoms with van der Waals surface area (Å²) in [4.78, 5) is 14.6. The average molecular weight is 219 g/mol. The Bertz CT molecular complexity index is 483. The first kappa shape index (κ1) is 9.86. The van der Waals surface area contributed by atoms with Crippen molar-refractivity contribution in [3.63, 3.8) is 0 Å². The second-order valence-corrected chi connectivity index (χ2v) is 4.08. The number of carboxylic acid groups (broad SMARTS) is 1. The fourth-order valence-corrected chi connectivity index (χ4v) is 2.12. The summed E-state index contributed by atoms with van der Waals surface area (Å²) in [6, 6.07) is 7.85. The summed E-state index contributed by atoms with van der Waals surface area (Å²) in [6.45, 7) is 0. The number of nitrogens with zero attached hydrogens (tertiary/aromatic N) is 1. The Labute approximate surface area is 90.7 Å². The van der Waals surface area contributed by atoms with Crippen molar-refractivity contribution in [2.75, 3.05) is 0 Å². The molecule has 0 atom stereocenters. The molecule has 0 bridgehead atoms. The van der Waals surface area contributed by atoms with Crippen molar-refractivity contribution >= 4 is 33.6 Å². The summed E-state index contributed by atoms with van der Waals surface area (Å²) in [5, 5.41) is 9.31. The molecule has 0 amide bonds. The van der Waals surface area contributed by atoms with Crippen LogP contribution in [0.5, 0.6) is 0 Å². The van der Waals surface area contributed by atoms with Crippen LogP contribution in [0, 0.1) is 0 Å². The molecule has 4 heteroatoms. The van der Waals surface area contributed by atoms with Gasteiger partial charge in [0.25, 0.3) is 0 Å². The van der Waals surface area contributed by atoms with Gasteiger partial charge in [0.1, 0.15) is 5.01 Å². The van der Waals surface area contributed by atoms with Gasteiger partial charge in [0.15, 0.2) is 0 Å². The SMILES string of the molecule is O=C(O)CC=Cc1nc2ccccc2s1. The smallest absolute Gasteiger partial charge is 0.307 e. The van der Waals surface area contributed by atoms with Gasteiger partial charge in [-0.2, -0.15) is 0 Å². The van der Waals surface area contributed by atoms with E-state index in [2.05, 4.69) is 4.98 Å². The molecule has 1 aromatic heterocycles. The molecule has 1 heterocycles. The molecule has 0 saturated carbocycles. The van der Waals surface area contributed by atoms with Gasteiger partial charge in [-0.25, -0.2) is 4.98 Å². The molecule has 0 aliphatic rings. The molecular weight excluding hydrogens is 210 g/mol. The molecule has 0 radical (unpaired) electrons. The Balaban J connectivity index is 2.22.